The lowest BCUT2D eigenvalue weighted by molar-refractivity contribution is -0.125. The lowest BCUT2D eigenvalue weighted by Crippen LogP contribution is -2.37. The molecule has 2 N–H and O–H groups in total. The molecule has 0 radical (unpaired) electrons. The van der Waals surface area contributed by atoms with Crippen LogP contribution in [0.25, 0.3) is 27.5 Å². The molecular formula is C33H30FN7O3. The third-order valence-electron chi connectivity index (χ3n) is 7.99. The second-order valence-electron chi connectivity index (χ2n) is 10.8. The Morgan fingerprint density at radius 2 is 1.95 bits per heavy atom. The van der Waals surface area contributed by atoms with E-state index in [-0.39, 0.29) is 18.5 Å². The summed E-state index contributed by atoms with van der Waals surface area (Å²) in [5, 5.41) is 19.5. The number of aliphatic hydroxyl groups is 1. The van der Waals surface area contributed by atoms with E-state index in [2.05, 4.69) is 20.4 Å². The van der Waals surface area contributed by atoms with E-state index >= 15 is 0 Å². The van der Waals surface area contributed by atoms with E-state index in [4.69, 9.17) is 4.74 Å². The fourth-order valence-electron chi connectivity index (χ4n) is 5.73. The fraction of sp³-hybridized carbons (Fsp3) is 0.212. The number of rotatable bonds is 9. The lowest BCUT2D eigenvalue weighted by atomic mass is 10.0. The number of halogens is 1. The molecule has 1 saturated heterocycles. The predicted molar refractivity (Wildman–Crippen MR) is 165 cm³/mol. The van der Waals surface area contributed by atoms with E-state index in [0.29, 0.717) is 38.5 Å². The zero-order chi connectivity index (χ0) is 30.0. The number of anilines is 2. The summed E-state index contributed by atoms with van der Waals surface area (Å²) >= 11 is 0. The molecule has 222 valence electrons. The minimum Gasteiger partial charge on any atom is -0.396 e. The van der Waals surface area contributed by atoms with Crippen molar-refractivity contribution < 1.29 is 19.0 Å². The third-order valence-corrected chi connectivity index (χ3v) is 7.99. The van der Waals surface area contributed by atoms with Crippen molar-refractivity contribution in [2.75, 3.05) is 31.6 Å². The molecule has 6 aromatic rings. The van der Waals surface area contributed by atoms with Crippen LogP contribution >= 0.6 is 0 Å². The molecule has 0 spiro atoms. The van der Waals surface area contributed by atoms with Crippen LogP contribution in [0.2, 0.25) is 0 Å². The van der Waals surface area contributed by atoms with Crippen molar-refractivity contribution in [3.63, 3.8) is 0 Å². The molecule has 10 nitrogen and oxygen atoms in total. The topological polar surface area (TPSA) is 110 Å². The first-order valence-electron chi connectivity index (χ1n) is 14.4. The van der Waals surface area contributed by atoms with E-state index in [9.17, 15) is 14.3 Å². The van der Waals surface area contributed by atoms with Crippen molar-refractivity contribution in [1.82, 2.24) is 29.2 Å². The van der Waals surface area contributed by atoms with Gasteiger partial charge in [-0.25, -0.2) is 14.4 Å². The molecular weight excluding hydrogens is 561 g/mol. The van der Waals surface area contributed by atoms with Crippen molar-refractivity contribution >= 4 is 39.7 Å². The van der Waals surface area contributed by atoms with Crippen LogP contribution in [-0.2, 0) is 22.5 Å². The van der Waals surface area contributed by atoms with Crippen LogP contribution in [0.3, 0.4) is 0 Å². The average Bonchev–Trinajstić information content (AvgIpc) is 3.66. The number of carbonyl (C=O) groups excluding carboxylic acids is 1. The number of benzene rings is 3. The number of nitrogens with one attached hydrogen (secondary N) is 1. The number of nitrogens with zero attached hydrogens (tertiary/aromatic N) is 6. The normalized spacial score (nSPS) is 15.2. The number of morpholine rings is 1. The molecule has 1 aliphatic heterocycles. The summed E-state index contributed by atoms with van der Waals surface area (Å²) in [6.45, 7) is 2.06. The van der Waals surface area contributed by atoms with Crippen molar-refractivity contribution in [3.8, 4) is 5.69 Å². The van der Waals surface area contributed by atoms with Crippen LogP contribution < -0.4 is 5.32 Å². The van der Waals surface area contributed by atoms with Crippen LogP contribution in [-0.4, -0.2) is 67.0 Å². The Balaban J connectivity index is 1.17. The van der Waals surface area contributed by atoms with Crippen molar-refractivity contribution in [2.24, 2.45) is 0 Å². The molecule has 4 heterocycles. The number of carbonyl (C=O) groups is 1. The average molecular weight is 592 g/mol. The van der Waals surface area contributed by atoms with Gasteiger partial charge in [-0.2, -0.15) is 5.10 Å². The Hall–Kier alpha value is -5.13. The highest BCUT2D eigenvalue weighted by Gasteiger charge is 2.25. The summed E-state index contributed by atoms with van der Waals surface area (Å²) in [4.78, 5) is 22.1. The Bertz CT molecular complexity index is 1950. The van der Waals surface area contributed by atoms with Gasteiger partial charge in [0.2, 0.25) is 6.41 Å². The number of ether oxygens (including phenoxy) is 1. The minimum absolute atomic E-state index is 0.0102. The molecule has 0 saturated carbocycles. The van der Waals surface area contributed by atoms with Gasteiger partial charge in [-0.3, -0.25) is 9.48 Å². The SMILES string of the molecule is O=CN1CCOC(c2cn(-c3ccc4ncnc(Nc5ccc6c(cnn6Cc6ccc(F)cc6)c5)c4c3)cc2CCO)C1. The minimum atomic E-state index is -0.259. The van der Waals surface area contributed by atoms with Gasteiger partial charge in [0.25, 0.3) is 0 Å². The standard InChI is InChI=1S/C33H30FN7O3/c34-25-3-1-22(2-4-25)16-41-31-8-5-26(13-24(31)15-37-41)38-33-28-14-27(6-7-30(28)35-20-36-33)40-17-23(9-11-42)29(18-40)32-19-39(21-43)10-12-44-32/h1-8,13-15,17-18,20-21,32,42H,9-12,16,19H2,(H,35,36,38). The molecule has 1 amide bonds. The van der Waals surface area contributed by atoms with Gasteiger partial charge in [0.05, 0.1) is 36.9 Å². The van der Waals surface area contributed by atoms with Crippen molar-refractivity contribution in [1.29, 1.82) is 0 Å². The maximum Gasteiger partial charge on any atom is 0.209 e. The Labute approximate surface area is 252 Å². The largest absolute Gasteiger partial charge is 0.396 e. The van der Waals surface area contributed by atoms with Crippen molar-refractivity contribution in [2.45, 2.75) is 19.1 Å². The summed E-state index contributed by atoms with van der Waals surface area (Å²) in [7, 11) is 0. The first-order valence-corrected chi connectivity index (χ1v) is 14.4. The molecule has 1 aliphatic rings. The van der Waals surface area contributed by atoms with Gasteiger partial charge in [-0.15, -0.1) is 0 Å². The lowest BCUT2D eigenvalue weighted by Gasteiger charge is -2.30. The highest BCUT2D eigenvalue weighted by molar-refractivity contribution is 5.93. The van der Waals surface area contributed by atoms with E-state index in [1.165, 1.54) is 18.5 Å². The van der Waals surface area contributed by atoms with Gasteiger partial charge in [0.15, 0.2) is 0 Å². The summed E-state index contributed by atoms with van der Waals surface area (Å²) in [5.74, 6) is 0.403. The van der Waals surface area contributed by atoms with Gasteiger partial charge in [0, 0.05) is 53.3 Å². The molecule has 0 bridgehead atoms. The zero-order valence-corrected chi connectivity index (χ0v) is 23.8. The first-order chi connectivity index (χ1) is 21.6. The van der Waals surface area contributed by atoms with E-state index in [1.807, 2.05) is 64.2 Å². The van der Waals surface area contributed by atoms with E-state index < -0.39 is 0 Å². The predicted octanol–water partition coefficient (Wildman–Crippen LogP) is 4.77. The molecule has 3 aromatic heterocycles. The van der Waals surface area contributed by atoms with Gasteiger partial charge in [0.1, 0.15) is 24.1 Å². The molecule has 1 atom stereocenters. The van der Waals surface area contributed by atoms with Crippen LogP contribution in [0.5, 0.6) is 0 Å². The summed E-state index contributed by atoms with van der Waals surface area (Å²) < 4.78 is 23.2. The molecule has 7 rings (SSSR count). The van der Waals surface area contributed by atoms with Crippen LogP contribution in [0.15, 0.2) is 85.6 Å². The number of aromatic nitrogens is 5. The Morgan fingerprint density at radius 3 is 2.80 bits per heavy atom. The molecule has 0 aliphatic carbocycles. The zero-order valence-electron chi connectivity index (χ0n) is 23.8. The smallest absolute Gasteiger partial charge is 0.209 e. The number of hydrogen-bond acceptors (Lipinski definition) is 7. The van der Waals surface area contributed by atoms with Crippen LogP contribution in [0, 0.1) is 5.82 Å². The number of aliphatic hydroxyl groups excluding tert-OH is 1. The van der Waals surface area contributed by atoms with Gasteiger partial charge in [-0.1, -0.05) is 12.1 Å². The quantitative estimate of drug-likeness (QED) is 0.233. The second kappa shape index (κ2) is 11.9. The van der Waals surface area contributed by atoms with Crippen LogP contribution in [0.4, 0.5) is 15.9 Å². The number of fused-ring (bicyclic) bond motifs is 2. The van der Waals surface area contributed by atoms with Gasteiger partial charge < -0.3 is 24.6 Å². The van der Waals surface area contributed by atoms with E-state index in [0.717, 1.165) is 56.3 Å². The Kier molecular flexibility index (Phi) is 7.47. The maximum absolute atomic E-state index is 13.3. The fourth-order valence-corrected chi connectivity index (χ4v) is 5.73. The number of amides is 1. The van der Waals surface area contributed by atoms with Crippen LogP contribution in [0.1, 0.15) is 22.8 Å². The molecule has 3 aromatic carbocycles. The van der Waals surface area contributed by atoms with E-state index in [1.54, 1.807) is 17.0 Å². The van der Waals surface area contributed by atoms with Crippen molar-refractivity contribution in [3.05, 3.63) is 108 Å². The highest BCUT2D eigenvalue weighted by Crippen LogP contribution is 2.31. The number of hydrogen-bond donors (Lipinski definition) is 2. The monoisotopic (exact) mass is 591 g/mol. The molecule has 1 unspecified atom stereocenters. The summed E-state index contributed by atoms with van der Waals surface area (Å²) in [5.41, 5.74) is 6.42. The summed E-state index contributed by atoms with van der Waals surface area (Å²) in [6, 6.07) is 18.4. The highest BCUT2D eigenvalue weighted by atomic mass is 19.1. The second-order valence-corrected chi connectivity index (χ2v) is 10.8. The van der Waals surface area contributed by atoms with Gasteiger partial charge >= 0.3 is 0 Å². The first kappa shape index (κ1) is 27.7. The molecule has 1 fully saturated rings. The summed E-state index contributed by atoms with van der Waals surface area (Å²) in [6.07, 6.45) is 8.45. The molecule has 11 heteroatoms. The Morgan fingerprint density at radius 1 is 1.07 bits per heavy atom. The maximum atomic E-state index is 13.3. The molecule has 44 heavy (non-hydrogen) atoms. The van der Waals surface area contributed by atoms with Gasteiger partial charge in [-0.05, 0) is 66.1 Å². The third kappa shape index (κ3) is 5.50.